The fraction of sp³-hybridized carbons (Fsp3) is 0.348. The molecule has 0 aliphatic heterocycles. The van der Waals surface area contributed by atoms with Crippen molar-refractivity contribution in [2.75, 3.05) is 14.1 Å². The second kappa shape index (κ2) is 8.29. The van der Waals surface area contributed by atoms with Gasteiger partial charge in [0, 0.05) is 38.3 Å². The monoisotopic (exact) mass is 419 g/mol. The molecule has 0 atom stereocenters. The highest BCUT2D eigenvalue weighted by Crippen LogP contribution is 2.39. The Kier molecular flexibility index (Phi) is 5.54. The maximum Gasteiger partial charge on any atom is 0.257 e. The highest BCUT2D eigenvalue weighted by atomic mass is 16.5. The molecule has 3 aromatic rings. The van der Waals surface area contributed by atoms with Crippen LogP contribution < -0.4 is 5.32 Å². The van der Waals surface area contributed by atoms with Crippen LogP contribution in [-0.2, 0) is 6.54 Å². The molecular formula is C23H25N5O3. The Labute approximate surface area is 180 Å². The maximum absolute atomic E-state index is 12.6. The van der Waals surface area contributed by atoms with E-state index < -0.39 is 0 Å². The molecule has 160 valence electrons. The molecule has 2 aromatic heterocycles. The van der Waals surface area contributed by atoms with Crippen LogP contribution >= 0.6 is 0 Å². The Morgan fingerprint density at radius 1 is 1.16 bits per heavy atom. The standard InChI is InChI=1S/C23H25N5O3/c1-13-19(14(2)31-27-13)22(29)25-11-15-5-7-16(8-6-15)20-18(23(30)28(3)4)12-24-21(26-20)17-9-10-17/h5-8,12,17H,9-11H2,1-4H3,(H,25,29). The predicted molar refractivity (Wildman–Crippen MR) is 115 cm³/mol. The summed E-state index contributed by atoms with van der Waals surface area (Å²) in [4.78, 5) is 35.7. The molecule has 1 aromatic carbocycles. The minimum atomic E-state index is -0.218. The van der Waals surface area contributed by atoms with Gasteiger partial charge in [-0.1, -0.05) is 29.4 Å². The molecule has 4 rings (SSSR count). The molecule has 1 N–H and O–H groups in total. The van der Waals surface area contributed by atoms with Crippen molar-refractivity contribution >= 4 is 11.8 Å². The third-order valence-corrected chi connectivity index (χ3v) is 5.33. The number of aryl methyl sites for hydroxylation is 2. The van der Waals surface area contributed by atoms with Crippen molar-refractivity contribution in [3.63, 3.8) is 0 Å². The number of aromatic nitrogens is 3. The van der Waals surface area contributed by atoms with Crippen LogP contribution in [-0.4, -0.2) is 45.9 Å². The molecule has 1 aliphatic carbocycles. The number of rotatable bonds is 6. The van der Waals surface area contributed by atoms with Gasteiger partial charge in [0.2, 0.25) is 0 Å². The van der Waals surface area contributed by atoms with E-state index in [1.807, 2.05) is 24.3 Å². The molecule has 1 saturated carbocycles. The zero-order valence-electron chi connectivity index (χ0n) is 18.1. The first-order chi connectivity index (χ1) is 14.8. The molecule has 31 heavy (non-hydrogen) atoms. The number of carbonyl (C=O) groups excluding carboxylic acids is 2. The Hall–Kier alpha value is -3.55. The molecule has 8 nitrogen and oxygen atoms in total. The van der Waals surface area contributed by atoms with Crippen LogP contribution in [0.2, 0.25) is 0 Å². The molecule has 0 unspecified atom stereocenters. The van der Waals surface area contributed by atoms with E-state index >= 15 is 0 Å². The molecule has 1 fully saturated rings. The summed E-state index contributed by atoms with van der Waals surface area (Å²) in [7, 11) is 3.43. The minimum Gasteiger partial charge on any atom is -0.361 e. The Morgan fingerprint density at radius 2 is 1.87 bits per heavy atom. The molecule has 0 radical (unpaired) electrons. The summed E-state index contributed by atoms with van der Waals surface area (Å²) < 4.78 is 5.06. The summed E-state index contributed by atoms with van der Waals surface area (Å²) in [5.74, 6) is 1.33. The van der Waals surface area contributed by atoms with Gasteiger partial charge in [-0.3, -0.25) is 9.59 Å². The van der Waals surface area contributed by atoms with Gasteiger partial charge in [-0.25, -0.2) is 9.97 Å². The third kappa shape index (κ3) is 4.33. The number of carbonyl (C=O) groups is 2. The lowest BCUT2D eigenvalue weighted by Crippen LogP contribution is -2.24. The van der Waals surface area contributed by atoms with Gasteiger partial charge < -0.3 is 14.7 Å². The highest BCUT2D eigenvalue weighted by Gasteiger charge is 2.28. The molecule has 0 bridgehead atoms. The summed E-state index contributed by atoms with van der Waals surface area (Å²) in [5, 5.41) is 6.71. The van der Waals surface area contributed by atoms with Gasteiger partial charge >= 0.3 is 0 Å². The largest absolute Gasteiger partial charge is 0.361 e. The summed E-state index contributed by atoms with van der Waals surface area (Å²) in [6.45, 7) is 3.82. The van der Waals surface area contributed by atoms with Crippen LogP contribution in [0.4, 0.5) is 0 Å². The van der Waals surface area contributed by atoms with E-state index in [1.54, 1.807) is 34.1 Å². The third-order valence-electron chi connectivity index (χ3n) is 5.33. The van der Waals surface area contributed by atoms with E-state index in [4.69, 9.17) is 9.51 Å². The first-order valence-corrected chi connectivity index (χ1v) is 10.2. The molecule has 0 saturated heterocycles. The lowest BCUT2D eigenvalue weighted by atomic mass is 10.0. The van der Waals surface area contributed by atoms with E-state index in [-0.39, 0.29) is 11.8 Å². The van der Waals surface area contributed by atoms with Gasteiger partial charge in [-0.15, -0.1) is 0 Å². The predicted octanol–water partition coefficient (Wildman–Crippen LogP) is 3.26. The quantitative estimate of drug-likeness (QED) is 0.658. The number of nitrogens with zero attached hydrogens (tertiary/aromatic N) is 4. The molecule has 1 aliphatic rings. The second-order valence-corrected chi connectivity index (χ2v) is 8.04. The summed E-state index contributed by atoms with van der Waals surface area (Å²) in [5.41, 5.74) is 3.93. The number of hydrogen-bond acceptors (Lipinski definition) is 6. The summed E-state index contributed by atoms with van der Waals surface area (Å²) in [6, 6.07) is 7.68. The van der Waals surface area contributed by atoms with Gasteiger partial charge in [-0.05, 0) is 32.3 Å². The van der Waals surface area contributed by atoms with Crippen LogP contribution in [0.15, 0.2) is 35.0 Å². The van der Waals surface area contributed by atoms with Crippen molar-refractivity contribution in [3.05, 3.63) is 64.4 Å². The summed E-state index contributed by atoms with van der Waals surface area (Å²) >= 11 is 0. The van der Waals surface area contributed by atoms with Crippen LogP contribution in [0.25, 0.3) is 11.3 Å². The minimum absolute atomic E-state index is 0.131. The second-order valence-electron chi connectivity index (χ2n) is 8.04. The van der Waals surface area contributed by atoms with Crippen LogP contribution in [0, 0.1) is 13.8 Å². The Balaban J connectivity index is 1.54. The average Bonchev–Trinajstić information content (AvgIpc) is 3.56. The van der Waals surface area contributed by atoms with E-state index in [2.05, 4.69) is 15.5 Å². The fourth-order valence-corrected chi connectivity index (χ4v) is 3.41. The van der Waals surface area contributed by atoms with Gasteiger partial charge in [-0.2, -0.15) is 0 Å². The summed E-state index contributed by atoms with van der Waals surface area (Å²) in [6.07, 6.45) is 3.81. The van der Waals surface area contributed by atoms with E-state index in [0.717, 1.165) is 29.8 Å². The van der Waals surface area contributed by atoms with Gasteiger partial charge in [0.1, 0.15) is 17.1 Å². The average molecular weight is 419 g/mol. The van der Waals surface area contributed by atoms with Crippen molar-refractivity contribution < 1.29 is 14.1 Å². The topological polar surface area (TPSA) is 101 Å². The van der Waals surface area contributed by atoms with Crippen LogP contribution in [0.5, 0.6) is 0 Å². The molecule has 8 heteroatoms. The van der Waals surface area contributed by atoms with Crippen molar-refractivity contribution in [1.29, 1.82) is 0 Å². The zero-order valence-corrected chi connectivity index (χ0v) is 18.1. The molecule has 2 heterocycles. The molecule has 0 spiro atoms. The molecular weight excluding hydrogens is 394 g/mol. The Bertz CT molecular complexity index is 1110. The smallest absolute Gasteiger partial charge is 0.257 e. The lowest BCUT2D eigenvalue weighted by molar-refractivity contribution is 0.0827. The first kappa shape index (κ1) is 20.7. The maximum atomic E-state index is 12.6. The zero-order chi connectivity index (χ0) is 22.1. The number of benzene rings is 1. The van der Waals surface area contributed by atoms with E-state index in [1.165, 1.54) is 4.90 Å². The van der Waals surface area contributed by atoms with Crippen molar-refractivity contribution in [1.82, 2.24) is 25.3 Å². The van der Waals surface area contributed by atoms with Crippen LogP contribution in [0.3, 0.4) is 0 Å². The number of amides is 2. The van der Waals surface area contributed by atoms with Crippen molar-refractivity contribution in [3.8, 4) is 11.3 Å². The van der Waals surface area contributed by atoms with Gasteiger partial charge in [0.15, 0.2) is 0 Å². The highest BCUT2D eigenvalue weighted by molar-refractivity contribution is 5.99. The van der Waals surface area contributed by atoms with Crippen LogP contribution in [0.1, 0.15) is 62.3 Å². The first-order valence-electron chi connectivity index (χ1n) is 10.2. The molecule has 2 amide bonds. The number of nitrogens with one attached hydrogen (secondary N) is 1. The lowest BCUT2D eigenvalue weighted by Gasteiger charge is -2.14. The van der Waals surface area contributed by atoms with E-state index in [9.17, 15) is 9.59 Å². The van der Waals surface area contributed by atoms with E-state index in [0.29, 0.717) is 40.7 Å². The SMILES string of the molecule is Cc1noc(C)c1C(=O)NCc1ccc(-c2nc(C3CC3)ncc2C(=O)N(C)C)cc1. The van der Waals surface area contributed by atoms with Gasteiger partial charge in [0.05, 0.1) is 17.0 Å². The number of hydrogen-bond donors (Lipinski definition) is 1. The van der Waals surface area contributed by atoms with Gasteiger partial charge in [0.25, 0.3) is 11.8 Å². The normalized spacial score (nSPS) is 13.2. The van der Waals surface area contributed by atoms with Crippen molar-refractivity contribution in [2.45, 2.75) is 39.2 Å². The fourth-order valence-electron chi connectivity index (χ4n) is 3.41. The van der Waals surface area contributed by atoms with Crippen molar-refractivity contribution in [2.24, 2.45) is 0 Å². The Morgan fingerprint density at radius 3 is 2.45 bits per heavy atom.